The van der Waals surface area contributed by atoms with Gasteiger partial charge in [0.15, 0.2) is 0 Å². The number of thiazole rings is 1. The highest BCUT2D eigenvalue weighted by molar-refractivity contribution is 7.11. The first kappa shape index (κ1) is 7.25. The number of hydrogen-bond donors (Lipinski definition) is 1. The van der Waals surface area contributed by atoms with Crippen molar-refractivity contribution in [1.82, 2.24) is 10.3 Å². The van der Waals surface area contributed by atoms with Gasteiger partial charge < -0.3 is 5.32 Å². The Morgan fingerprint density at radius 1 is 1.45 bits per heavy atom. The van der Waals surface area contributed by atoms with E-state index in [0.717, 1.165) is 13.1 Å². The quantitative estimate of drug-likeness (QED) is 0.692. The van der Waals surface area contributed by atoms with Gasteiger partial charge in [0.2, 0.25) is 0 Å². The lowest BCUT2D eigenvalue weighted by molar-refractivity contribution is 0.749. The molecule has 0 aliphatic carbocycles. The summed E-state index contributed by atoms with van der Waals surface area (Å²) in [5, 5.41) is 4.57. The van der Waals surface area contributed by atoms with Crippen molar-refractivity contribution < 1.29 is 0 Å². The molecule has 0 atom stereocenters. The molecule has 0 fully saturated rings. The average molecular weight is 168 g/mol. The number of hydrogen-bond acceptors (Lipinski definition) is 3. The van der Waals surface area contributed by atoms with Crippen molar-refractivity contribution in [2.24, 2.45) is 0 Å². The molecule has 0 bridgehead atoms. The Morgan fingerprint density at radius 2 is 2.27 bits per heavy atom. The number of nitrogens with zero attached hydrogens (tertiary/aromatic N) is 1. The van der Waals surface area contributed by atoms with Crippen LogP contribution in [0.4, 0.5) is 0 Å². The number of nitrogens with one attached hydrogen (secondary N) is 1. The number of aromatic nitrogens is 1. The lowest BCUT2D eigenvalue weighted by Gasteiger charge is -1.97. The molecule has 0 amide bonds. The molecule has 0 aromatic carbocycles. The van der Waals surface area contributed by atoms with E-state index in [-0.39, 0.29) is 0 Å². The monoisotopic (exact) mass is 168 g/mol. The van der Waals surface area contributed by atoms with Gasteiger partial charge in [-0.05, 0) is 0 Å². The second-order valence-electron chi connectivity index (χ2n) is 3.18. The minimum atomic E-state index is 0.589. The van der Waals surface area contributed by atoms with Crippen molar-refractivity contribution in [3.8, 4) is 0 Å². The lowest BCUT2D eigenvalue weighted by Crippen LogP contribution is -2.02. The van der Waals surface area contributed by atoms with Gasteiger partial charge in [-0.1, -0.05) is 13.8 Å². The van der Waals surface area contributed by atoms with E-state index in [2.05, 4.69) is 24.1 Å². The minimum Gasteiger partial charge on any atom is -0.306 e. The van der Waals surface area contributed by atoms with E-state index in [9.17, 15) is 0 Å². The van der Waals surface area contributed by atoms with Gasteiger partial charge in [-0.3, -0.25) is 0 Å². The highest BCUT2D eigenvalue weighted by Crippen LogP contribution is 2.27. The zero-order chi connectivity index (χ0) is 7.84. The van der Waals surface area contributed by atoms with Crippen molar-refractivity contribution in [2.75, 3.05) is 0 Å². The molecule has 0 saturated carbocycles. The average Bonchev–Trinajstić information content (AvgIpc) is 2.40. The molecule has 3 heteroatoms. The molecule has 1 aromatic heterocycles. The van der Waals surface area contributed by atoms with Crippen LogP contribution in [0.3, 0.4) is 0 Å². The smallest absolute Gasteiger partial charge is 0.0957 e. The van der Waals surface area contributed by atoms with Crippen LogP contribution < -0.4 is 5.32 Å². The van der Waals surface area contributed by atoms with Crippen LogP contribution in [0.5, 0.6) is 0 Å². The Kier molecular flexibility index (Phi) is 1.69. The predicted octanol–water partition coefficient (Wildman–Crippen LogP) is 1.87. The highest BCUT2D eigenvalue weighted by atomic mass is 32.1. The molecular formula is C8H12N2S. The first-order chi connectivity index (χ1) is 5.27. The van der Waals surface area contributed by atoms with E-state index >= 15 is 0 Å². The summed E-state index contributed by atoms with van der Waals surface area (Å²) in [6.07, 6.45) is 0. The fraction of sp³-hybridized carbons (Fsp3) is 0.625. The molecular weight excluding hydrogens is 156 g/mol. The summed E-state index contributed by atoms with van der Waals surface area (Å²) in [6, 6.07) is 0. The molecule has 11 heavy (non-hydrogen) atoms. The topological polar surface area (TPSA) is 24.9 Å². The summed E-state index contributed by atoms with van der Waals surface area (Å²) in [5.74, 6) is 0.589. The van der Waals surface area contributed by atoms with Gasteiger partial charge in [-0.25, -0.2) is 4.98 Å². The molecule has 1 aliphatic heterocycles. The van der Waals surface area contributed by atoms with Gasteiger partial charge in [0.1, 0.15) is 0 Å². The predicted molar refractivity (Wildman–Crippen MR) is 46.7 cm³/mol. The summed E-state index contributed by atoms with van der Waals surface area (Å²) in [5.41, 5.74) is 1.28. The largest absolute Gasteiger partial charge is 0.306 e. The van der Waals surface area contributed by atoms with E-state index in [4.69, 9.17) is 0 Å². The fourth-order valence-electron chi connectivity index (χ4n) is 1.22. The molecule has 1 aromatic rings. The van der Waals surface area contributed by atoms with Crippen LogP contribution in [0.2, 0.25) is 0 Å². The summed E-state index contributed by atoms with van der Waals surface area (Å²) >= 11 is 1.86. The van der Waals surface area contributed by atoms with Crippen LogP contribution in [-0.2, 0) is 13.1 Å². The molecule has 0 saturated heterocycles. The maximum Gasteiger partial charge on any atom is 0.0957 e. The van der Waals surface area contributed by atoms with Crippen molar-refractivity contribution >= 4 is 11.3 Å². The van der Waals surface area contributed by atoms with Crippen LogP contribution in [0.25, 0.3) is 0 Å². The SMILES string of the molecule is CC(C)c1nc2c(s1)CNC2. The van der Waals surface area contributed by atoms with E-state index in [1.54, 1.807) is 0 Å². The second-order valence-corrected chi connectivity index (χ2v) is 4.30. The number of rotatable bonds is 1. The van der Waals surface area contributed by atoms with Crippen LogP contribution in [0.15, 0.2) is 0 Å². The van der Waals surface area contributed by atoms with Gasteiger partial charge in [0, 0.05) is 23.9 Å². The van der Waals surface area contributed by atoms with Crippen molar-refractivity contribution in [3.05, 3.63) is 15.6 Å². The van der Waals surface area contributed by atoms with Gasteiger partial charge in [0.05, 0.1) is 10.7 Å². The zero-order valence-corrected chi connectivity index (χ0v) is 7.66. The fourth-order valence-corrected chi connectivity index (χ4v) is 2.27. The third-order valence-corrected chi connectivity index (χ3v) is 3.26. The van der Waals surface area contributed by atoms with E-state index in [1.807, 2.05) is 11.3 Å². The molecule has 2 rings (SSSR count). The lowest BCUT2D eigenvalue weighted by atomic mass is 10.2. The molecule has 1 aliphatic rings. The minimum absolute atomic E-state index is 0.589. The molecule has 2 nitrogen and oxygen atoms in total. The van der Waals surface area contributed by atoms with Crippen LogP contribution in [-0.4, -0.2) is 4.98 Å². The van der Waals surface area contributed by atoms with Crippen molar-refractivity contribution in [1.29, 1.82) is 0 Å². The summed E-state index contributed by atoms with van der Waals surface area (Å²) in [4.78, 5) is 5.98. The maximum atomic E-state index is 4.55. The van der Waals surface area contributed by atoms with E-state index in [1.165, 1.54) is 15.6 Å². The Balaban J connectivity index is 2.34. The van der Waals surface area contributed by atoms with E-state index < -0.39 is 0 Å². The Labute approximate surface area is 70.7 Å². The van der Waals surface area contributed by atoms with Crippen molar-refractivity contribution in [3.63, 3.8) is 0 Å². The summed E-state index contributed by atoms with van der Waals surface area (Å²) in [6.45, 7) is 6.39. The molecule has 1 N–H and O–H groups in total. The maximum absolute atomic E-state index is 4.55. The van der Waals surface area contributed by atoms with Gasteiger partial charge in [0.25, 0.3) is 0 Å². The molecule has 60 valence electrons. The van der Waals surface area contributed by atoms with Gasteiger partial charge >= 0.3 is 0 Å². The Morgan fingerprint density at radius 3 is 2.91 bits per heavy atom. The molecule has 0 radical (unpaired) electrons. The van der Waals surface area contributed by atoms with E-state index in [0.29, 0.717) is 5.92 Å². The van der Waals surface area contributed by atoms with Crippen LogP contribution in [0.1, 0.15) is 35.3 Å². The third kappa shape index (κ3) is 1.19. The first-order valence-corrected chi connectivity index (χ1v) is 4.78. The third-order valence-electron chi connectivity index (χ3n) is 1.87. The first-order valence-electron chi connectivity index (χ1n) is 3.96. The standard InChI is InChI=1S/C8H12N2S/c1-5(2)8-10-6-3-9-4-7(6)11-8/h5,9H,3-4H2,1-2H3. The van der Waals surface area contributed by atoms with Crippen LogP contribution >= 0.6 is 11.3 Å². The Hall–Kier alpha value is -0.410. The van der Waals surface area contributed by atoms with Gasteiger partial charge in [-0.2, -0.15) is 0 Å². The summed E-state index contributed by atoms with van der Waals surface area (Å²) in [7, 11) is 0. The highest BCUT2D eigenvalue weighted by Gasteiger charge is 2.16. The molecule has 0 spiro atoms. The Bertz CT molecular complexity index is 244. The summed E-state index contributed by atoms with van der Waals surface area (Å²) < 4.78 is 0. The van der Waals surface area contributed by atoms with Crippen LogP contribution in [0, 0.1) is 0 Å². The second kappa shape index (κ2) is 2.57. The number of fused-ring (bicyclic) bond motifs is 1. The molecule has 2 heterocycles. The van der Waals surface area contributed by atoms with Gasteiger partial charge in [-0.15, -0.1) is 11.3 Å². The zero-order valence-electron chi connectivity index (χ0n) is 6.85. The normalized spacial score (nSPS) is 15.9. The molecule has 0 unspecified atom stereocenters. The van der Waals surface area contributed by atoms with Crippen molar-refractivity contribution in [2.45, 2.75) is 32.9 Å².